The van der Waals surface area contributed by atoms with Crippen LogP contribution >= 0.6 is 0 Å². The summed E-state index contributed by atoms with van der Waals surface area (Å²) in [5.41, 5.74) is 3.75. The van der Waals surface area contributed by atoms with Crippen LogP contribution < -0.4 is 0 Å². The molecular formula is C20H34O2. The molecule has 0 bridgehead atoms. The minimum absolute atomic E-state index is 0.0712. The van der Waals surface area contributed by atoms with Gasteiger partial charge in [-0.25, -0.2) is 0 Å². The van der Waals surface area contributed by atoms with Crippen molar-refractivity contribution in [2.45, 2.75) is 71.8 Å². The molecule has 0 heterocycles. The van der Waals surface area contributed by atoms with E-state index < -0.39 is 6.10 Å². The molecule has 22 heavy (non-hydrogen) atoms. The standard InChI is InChI=1S/C20H34O2/c1-15(12-14-21)8-11-19(22)17(3)9-10-18-16(2)7-6-13-20(18,4)5/h12,18-19,21-22H,2-3,6-11,13-14H2,1,4-5H3/b15-12+/t18-,19+/m1/s1. The molecule has 1 saturated carbocycles. The maximum Gasteiger partial charge on any atom is 0.0750 e. The maximum atomic E-state index is 10.2. The van der Waals surface area contributed by atoms with Gasteiger partial charge in [0.25, 0.3) is 0 Å². The monoisotopic (exact) mass is 306 g/mol. The van der Waals surface area contributed by atoms with Gasteiger partial charge in [-0.15, -0.1) is 0 Å². The first-order valence-corrected chi connectivity index (χ1v) is 8.58. The summed E-state index contributed by atoms with van der Waals surface area (Å²) >= 11 is 0. The Morgan fingerprint density at radius 1 is 1.41 bits per heavy atom. The number of aliphatic hydroxyl groups excluding tert-OH is 2. The molecule has 1 fully saturated rings. The van der Waals surface area contributed by atoms with Crippen molar-refractivity contribution in [3.8, 4) is 0 Å². The normalized spacial score (nSPS) is 23.4. The summed E-state index contributed by atoms with van der Waals surface area (Å²) in [5.74, 6) is 0.543. The minimum atomic E-state index is -0.443. The largest absolute Gasteiger partial charge is 0.392 e. The molecule has 2 N–H and O–H groups in total. The van der Waals surface area contributed by atoms with E-state index in [1.165, 1.54) is 18.4 Å². The quantitative estimate of drug-likeness (QED) is 0.633. The number of hydrogen-bond acceptors (Lipinski definition) is 2. The average Bonchev–Trinajstić information content (AvgIpc) is 2.43. The molecule has 2 heteroatoms. The zero-order valence-corrected chi connectivity index (χ0v) is 14.7. The molecule has 0 aliphatic heterocycles. The molecule has 0 spiro atoms. The summed E-state index contributed by atoms with van der Waals surface area (Å²) in [5, 5.41) is 19.1. The average molecular weight is 306 g/mol. The van der Waals surface area contributed by atoms with Crippen molar-refractivity contribution < 1.29 is 10.2 Å². The topological polar surface area (TPSA) is 40.5 Å². The van der Waals surface area contributed by atoms with E-state index in [2.05, 4.69) is 27.0 Å². The first-order chi connectivity index (χ1) is 10.3. The Morgan fingerprint density at radius 3 is 2.68 bits per heavy atom. The lowest BCUT2D eigenvalue weighted by molar-refractivity contribution is 0.168. The van der Waals surface area contributed by atoms with Crippen LogP contribution in [0.4, 0.5) is 0 Å². The first-order valence-electron chi connectivity index (χ1n) is 8.58. The zero-order chi connectivity index (χ0) is 16.8. The van der Waals surface area contributed by atoms with Crippen molar-refractivity contribution in [2.24, 2.45) is 11.3 Å². The van der Waals surface area contributed by atoms with Crippen LogP contribution in [-0.4, -0.2) is 22.9 Å². The molecular weight excluding hydrogens is 272 g/mol. The lowest BCUT2D eigenvalue weighted by Gasteiger charge is -2.40. The lowest BCUT2D eigenvalue weighted by atomic mass is 9.65. The molecule has 0 aromatic heterocycles. The summed E-state index contributed by atoms with van der Waals surface area (Å²) < 4.78 is 0. The van der Waals surface area contributed by atoms with Crippen LogP contribution in [0, 0.1) is 11.3 Å². The highest BCUT2D eigenvalue weighted by Crippen LogP contribution is 2.45. The van der Waals surface area contributed by atoms with E-state index in [9.17, 15) is 5.11 Å². The Morgan fingerprint density at radius 2 is 2.09 bits per heavy atom. The molecule has 2 nitrogen and oxygen atoms in total. The predicted octanol–water partition coefficient (Wildman–Crippen LogP) is 4.79. The predicted molar refractivity (Wildman–Crippen MR) is 94.7 cm³/mol. The molecule has 0 aromatic rings. The zero-order valence-electron chi connectivity index (χ0n) is 14.7. The van der Waals surface area contributed by atoms with Crippen LogP contribution in [0.5, 0.6) is 0 Å². The Hall–Kier alpha value is -0.860. The van der Waals surface area contributed by atoms with Gasteiger partial charge < -0.3 is 10.2 Å². The summed E-state index contributed by atoms with van der Waals surface area (Å²) in [7, 11) is 0. The van der Waals surface area contributed by atoms with E-state index in [1.807, 2.05) is 6.92 Å². The molecule has 0 saturated heterocycles. The van der Waals surface area contributed by atoms with Gasteiger partial charge in [-0.3, -0.25) is 0 Å². The Labute approximate surface area is 136 Å². The highest BCUT2D eigenvalue weighted by atomic mass is 16.3. The number of aliphatic hydroxyl groups is 2. The first kappa shape index (κ1) is 19.2. The fourth-order valence-corrected chi connectivity index (χ4v) is 3.59. The van der Waals surface area contributed by atoms with Gasteiger partial charge in [-0.2, -0.15) is 0 Å². The second kappa shape index (κ2) is 8.69. The Bertz CT molecular complexity index is 417. The third-order valence-corrected chi connectivity index (χ3v) is 5.23. The fraction of sp³-hybridized carbons (Fsp3) is 0.700. The van der Waals surface area contributed by atoms with E-state index in [4.69, 9.17) is 5.11 Å². The van der Waals surface area contributed by atoms with Crippen molar-refractivity contribution in [2.75, 3.05) is 6.61 Å². The van der Waals surface area contributed by atoms with Crippen molar-refractivity contribution in [3.63, 3.8) is 0 Å². The summed E-state index contributed by atoms with van der Waals surface area (Å²) in [6.45, 7) is 15.1. The second-order valence-electron chi connectivity index (χ2n) is 7.54. The van der Waals surface area contributed by atoms with Gasteiger partial charge in [0.05, 0.1) is 12.7 Å². The van der Waals surface area contributed by atoms with Gasteiger partial charge in [0.2, 0.25) is 0 Å². The maximum absolute atomic E-state index is 10.2. The van der Waals surface area contributed by atoms with Gasteiger partial charge in [-0.05, 0) is 68.8 Å². The number of rotatable bonds is 8. The van der Waals surface area contributed by atoms with E-state index in [-0.39, 0.29) is 6.61 Å². The van der Waals surface area contributed by atoms with Gasteiger partial charge >= 0.3 is 0 Å². The smallest absolute Gasteiger partial charge is 0.0750 e. The molecule has 1 aliphatic carbocycles. The van der Waals surface area contributed by atoms with Crippen LogP contribution in [0.25, 0.3) is 0 Å². The van der Waals surface area contributed by atoms with Crippen molar-refractivity contribution in [1.82, 2.24) is 0 Å². The number of hydrogen-bond donors (Lipinski definition) is 2. The van der Waals surface area contributed by atoms with Crippen molar-refractivity contribution >= 4 is 0 Å². The molecule has 2 atom stereocenters. The third kappa shape index (κ3) is 5.73. The lowest BCUT2D eigenvalue weighted by Crippen LogP contribution is -2.29. The summed E-state index contributed by atoms with van der Waals surface area (Å²) in [4.78, 5) is 0. The highest BCUT2D eigenvalue weighted by molar-refractivity contribution is 5.12. The molecule has 1 aliphatic rings. The van der Waals surface area contributed by atoms with E-state index >= 15 is 0 Å². The van der Waals surface area contributed by atoms with Gasteiger partial charge in [-0.1, -0.05) is 44.2 Å². The molecule has 1 rings (SSSR count). The molecule has 0 amide bonds. The van der Waals surface area contributed by atoms with Crippen LogP contribution in [0.15, 0.2) is 36.0 Å². The van der Waals surface area contributed by atoms with Gasteiger partial charge in [0.15, 0.2) is 0 Å². The third-order valence-electron chi connectivity index (χ3n) is 5.23. The Kier molecular flexibility index (Phi) is 7.58. The Balaban J connectivity index is 2.44. The number of allylic oxidation sites excluding steroid dienone is 2. The SMILES string of the molecule is C=C1CCCC(C)(C)[C@@H]1CCC(=C)[C@@H](O)CC/C(C)=C/CO. The molecule has 0 unspecified atom stereocenters. The van der Waals surface area contributed by atoms with E-state index in [0.717, 1.165) is 36.8 Å². The van der Waals surface area contributed by atoms with Crippen molar-refractivity contribution in [1.29, 1.82) is 0 Å². The minimum Gasteiger partial charge on any atom is -0.392 e. The van der Waals surface area contributed by atoms with Crippen LogP contribution in [0.1, 0.15) is 65.7 Å². The molecule has 126 valence electrons. The van der Waals surface area contributed by atoms with Gasteiger partial charge in [0, 0.05) is 0 Å². The molecule has 0 aromatic carbocycles. The van der Waals surface area contributed by atoms with E-state index in [1.54, 1.807) is 6.08 Å². The molecule has 0 radical (unpaired) electrons. The van der Waals surface area contributed by atoms with Gasteiger partial charge in [0.1, 0.15) is 0 Å². The highest BCUT2D eigenvalue weighted by Gasteiger charge is 2.34. The van der Waals surface area contributed by atoms with Crippen LogP contribution in [0.3, 0.4) is 0 Å². The summed E-state index contributed by atoms with van der Waals surface area (Å²) in [6, 6.07) is 0. The second-order valence-corrected chi connectivity index (χ2v) is 7.54. The van der Waals surface area contributed by atoms with E-state index in [0.29, 0.717) is 17.8 Å². The van der Waals surface area contributed by atoms with Crippen molar-refractivity contribution in [3.05, 3.63) is 36.0 Å². The van der Waals surface area contributed by atoms with Crippen LogP contribution in [-0.2, 0) is 0 Å². The fourth-order valence-electron chi connectivity index (χ4n) is 3.59. The van der Waals surface area contributed by atoms with Crippen LogP contribution in [0.2, 0.25) is 0 Å². The summed E-state index contributed by atoms with van der Waals surface area (Å²) in [6.07, 6.45) is 8.43.